The zero-order valence-electron chi connectivity index (χ0n) is 12.0. The van der Waals surface area contributed by atoms with Crippen LogP contribution in [0.5, 0.6) is 0 Å². The minimum atomic E-state index is -0.768. The second-order valence-corrected chi connectivity index (χ2v) is 5.64. The van der Waals surface area contributed by atoms with Crippen molar-refractivity contribution in [1.82, 2.24) is 4.90 Å². The van der Waals surface area contributed by atoms with Gasteiger partial charge in [0.2, 0.25) is 5.91 Å². The molecule has 0 unspecified atom stereocenters. The molecule has 0 aromatic carbocycles. The first kappa shape index (κ1) is 16.4. The first-order valence-electron chi connectivity index (χ1n) is 6.19. The Kier molecular flexibility index (Phi) is 5.46. The van der Waals surface area contributed by atoms with Gasteiger partial charge in [0.05, 0.1) is 17.6 Å². The molecule has 0 radical (unpaired) electrons. The minimum Gasteiger partial charge on any atom is -0.388 e. The number of carbonyl (C=O) groups is 1. The van der Waals surface area contributed by atoms with Gasteiger partial charge in [-0.2, -0.15) is 0 Å². The van der Waals surface area contributed by atoms with Gasteiger partial charge in [-0.05, 0) is 13.8 Å². The molecule has 1 heterocycles. The Labute approximate surface area is 121 Å². The number of thiophene rings is 1. The molecule has 1 amide bonds. The van der Waals surface area contributed by atoms with Crippen molar-refractivity contribution in [1.29, 1.82) is 0 Å². The molecule has 0 spiro atoms. The summed E-state index contributed by atoms with van der Waals surface area (Å²) in [7, 11) is 3.28. The van der Waals surface area contributed by atoms with Gasteiger partial charge in [0, 0.05) is 31.6 Å². The first-order valence-corrected chi connectivity index (χ1v) is 7.00. The smallest absolute Gasteiger partial charge is 0.304 e. The van der Waals surface area contributed by atoms with E-state index in [1.54, 1.807) is 25.9 Å². The highest BCUT2D eigenvalue weighted by atomic mass is 32.1. The van der Waals surface area contributed by atoms with E-state index in [-0.39, 0.29) is 18.1 Å². The molecule has 1 aromatic rings. The van der Waals surface area contributed by atoms with Gasteiger partial charge in [0.15, 0.2) is 5.00 Å². The summed E-state index contributed by atoms with van der Waals surface area (Å²) in [6.07, 6.45) is -0.768. The van der Waals surface area contributed by atoms with Crippen LogP contribution < -0.4 is 4.90 Å². The Hall–Kier alpha value is -1.67. The summed E-state index contributed by atoms with van der Waals surface area (Å²) in [4.78, 5) is 26.0. The number of nitro groups is 1. The molecule has 0 bridgehead atoms. The fraction of sp³-hybridized carbons (Fsp3) is 0.583. The number of rotatable bonds is 6. The average Bonchev–Trinajstić information content (AvgIpc) is 2.80. The third-order valence-corrected chi connectivity index (χ3v) is 4.17. The normalized spacial score (nSPS) is 12.1. The molecule has 1 rings (SSSR count). The number of aliphatic hydroxyl groups is 1. The summed E-state index contributed by atoms with van der Waals surface area (Å²) in [5.74, 6) is -0.131. The predicted molar refractivity (Wildman–Crippen MR) is 78.2 cm³/mol. The zero-order valence-corrected chi connectivity index (χ0v) is 12.8. The van der Waals surface area contributed by atoms with Gasteiger partial charge in [0.1, 0.15) is 0 Å². The Morgan fingerprint density at radius 1 is 1.55 bits per heavy atom. The predicted octanol–water partition coefficient (Wildman–Crippen LogP) is 1.62. The molecule has 7 nitrogen and oxygen atoms in total. The van der Waals surface area contributed by atoms with E-state index in [0.717, 1.165) is 11.3 Å². The van der Waals surface area contributed by atoms with Gasteiger partial charge in [-0.25, -0.2) is 0 Å². The van der Waals surface area contributed by atoms with Crippen molar-refractivity contribution in [2.24, 2.45) is 0 Å². The molecule has 20 heavy (non-hydrogen) atoms. The first-order chi connectivity index (χ1) is 9.27. The molecule has 0 aliphatic rings. The molecule has 1 N–H and O–H groups in total. The van der Waals surface area contributed by atoms with E-state index in [1.165, 1.54) is 11.0 Å². The van der Waals surface area contributed by atoms with Crippen LogP contribution in [0.3, 0.4) is 0 Å². The maximum atomic E-state index is 11.8. The minimum absolute atomic E-state index is 0.0701. The van der Waals surface area contributed by atoms with Crippen molar-refractivity contribution < 1.29 is 14.8 Å². The summed E-state index contributed by atoms with van der Waals surface area (Å²) in [6, 6.07) is 1.37. The number of nitrogens with zero attached hydrogens (tertiary/aromatic N) is 3. The lowest BCUT2D eigenvalue weighted by Crippen LogP contribution is -2.36. The fourth-order valence-corrected chi connectivity index (χ4v) is 2.71. The summed E-state index contributed by atoms with van der Waals surface area (Å²) in [5, 5.41) is 21.1. The molecule has 0 aliphatic carbocycles. The number of anilines is 1. The topological polar surface area (TPSA) is 86.9 Å². The van der Waals surface area contributed by atoms with E-state index in [2.05, 4.69) is 0 Å². The van der Waals surface area contributed by atoms with Gasteiger partial charge in [0.25, 0.3) is 0 Å². The number of carbonyl (C=O) groups excluding carboxylic acids is 1. The number of hydrogen-bond acceptors (Lipinski definition) is 6. The van der Waals surface area contributed by atoms with Gasteiger partial charge in [-0.1, -0.05) is 0 Å². The van der Waals surface area contributed by atoms with Crippen LogP contribution in [0.2, 0.25) is 0 Å². The Balaban J connectivity index is 3.13. The van der Waals surface area contributed by atoms with Crippen LogP contribution in [-0.4, -0.2) is 48.0 Å². The summed E-state index contributed by atoms with van der Waals surface area (Å²) < 4.78 is 0. The maximum Gasteiger partial charge on any atom is 0.304 e. The highest BCUT2D eigenvalue weighted by Gasteiger charge is 2.26. The summed E-state index contributed by atoms with van der Waals surface area (Å²) in [6.45, 7) is 3.93. The quantitative estimate of drug-likeness (QED) is 0.637. The van der Waals surface area contributed by atoms with E-state index in [9.17, 15) is 20.0 Å². The molecular formula is C12H19N3O4S. The second-order valence-electron chi connectivity index (χ2n) is 4.57. The SMILES string of the molecule is CCN(CC(=O)N(C)C)c1sc([C@@H](C)O)cc1[N+](=O)[O-]. The number of hydrogen-bond donors (Lipinski definition) is 1. The van der Waals surface area contributed by atoms with Crippen LogP contribution in [0.25, 0.3) is 0 Å². The molecule has 0 aliphatic heterocycles. The van der Waals surface area contributed by atoms with Crippen molar-refractivity contribution in [2.45, 2.75) is 20.0 Å². The van der Waals surface area contributed by atoms with Crippen molar-refractivity contribution in [3.8, 4) is 0 Å². The van der Waals surface area contributed by atoms with Crippen molar-refractivity contribution >= 4 is 27.9 Å². The molecule has 0 saturated carbocycles. The van der Waals surface area contributed by atoms with E-state index >= 15 is 0 Å². The van der Waals surface area contributed by atoms with Crippen molar-refractivity contribution in [3.63, 3.8) is 0 Å². The molecule has 1 atom stereocenters. The lowest BCUT2D eigenvalue weighted by Gasteiger charge is -2.22. The highest BCUT2D eigenvalue weighted by Crippen LogP contribution is 2.39. The Morgan fingerprint density at radius 2 is 2.15 bits per heavy atom. The molecule has 0 fully saturated rings. The van der Waals surface area contributed by atoms with Crippen molar-refractivity contribution in [2.75, 3.05) is 32.1 Å². The van der Waals surface area contributed by atoms with Crippen LogP contribution in [0.15, 0.2) is 6.07 Å². The standard InChI is InChI=1S/C12H19N3O4S/c1-5-14(7-11(17)13(3)4)12-9(15(18)19)6-10(20-12)8(2)16/h6,8,16H,5,7H2,1-4H3/t8-/m1/s1. The Bertz CT molecular complexity index is 499. The Morgan fingerprint density at radius 3 is 2.55 bits per heavy atom. The second kappa shape index (κ2) is 6.67. The van der Waals surface area contributed by atoms with Crippen LogP contribution in [-0.2, 0) is 4.79 Å². The molecule has 1 aromatic heterocycles. The van der Waals surface area contributed by atoms with Crippen LogP contribution in [0, 0.1) is 10.1 Å². The largest absolute Gasteiger partial charge is 0.388 e. The van der Waals surface area contributed by atoms with E-state index in [1.807, 2.05) is 6.92 Å². The highest BCUT2D eigenvalue weighted by molar-refractivity contribution is 7.16. The van der Waals surface area contributed by atoms with Crippen molar-refractivity contribution in [3.05, 3.63) is 21.1 Å². The zero-order chi connectivity index (χ0) is 15.4. The van der Waals surface area contributed by atoms with Gasteiger partial charge in [-0.15, -0.1) is 11.3 Å². The maximum absolute atomic E-state index is 11.8. The van der Waals surface area contributed by atoms with Crippen LogP contribution in [0.1, 0.15) is 24.8 Å². The van der Waals surface area contributed by atoms with E-state index < -0.39 is 11.0 Å². The molecular weight excluding hydrogens is 282 g/mol. The number of amides is 1. The molecule has 0 saturated heterocycles. The third-order valence-electron chi connectivity index (χ3n) is 2.81. The lowest BCUT2D eigenvalue weighted by molar-refractivity contribution is -0.383. The molecule has 8 heteroatoms. The van der Waals surface area contributed by atoms with Gasteiger partial charge in [-0.3, -0.25) is 14.9 Å². The van der Waals surface area contributed by atoms with Gasteiger partial charge >= 0.3 is 5.69 Å². The summed E-state index contributed by atoms with van der Waals surface area (Å²) in [5.41, 5.74) is -0.0701. The van der Waals surface area contributed by atoms with Gasteiger partial charge < -0.3 is 14.9 Å². The monoisotopic (exact) mass is 301 g/mol. The van der Waals surface area contributed by atoms with Crippen LogP contribution >= 0.6 is 11.3 Å². The molecule has 112 valence electrons. The van der Waals surface area contributed by atoms with E-state index in [4.69, 9.17) is 0 Å². The number of likely N-dealkylation sites (N-methyl/N-ethyl adjacent to an activating group) is 2. The van der Waals surface area contributed by atoms with Crippen LogP contribution in [0.4, 0.5) is 10.7 Å². The third kappa shape index (κ3) is 3.67. The van der Waals surface area contributed by atoms with E-state index in [0.29, 0.717) is 16.4 Å². The summed E-state index contributed by atoms with van der Waals surface area (Å²) >= 11 is 1.15. The number of aliphatic hydroxyl groups excluding tert-OH is 1. The average molecular weight is 301 g/mol. The lowest BCUT2D eigenvalue weighted by atomic mass is 10.3. The fourth-order valence-electron chi connectivity index (χ4n) is 1.58.